The molecular weight excluding hydrogens is 259 g/mol. The third-order valence-electron chi connectivity index (χ3n) is 2.81. The first-order valence-corrected chi connectivity index (χ1v) is 8.35. The Hall–Kier alpha value is -0.200. The first-order valence-electron chi connectivity index (χ1n) is 7.22. The van der Waals surface area contributed by atoms with Crippen molar-refractivity contribution in [2.75, 3.05) is 6.61 Å². The summed E-state index contributed by atoms with van der Waals surface area (Å²) in [4.78, 5) is 0. The van der Waals surface area contributed by atoms with Gasteiger partial charge < -0.3 is 9.05 Å². The second kappa shape index (κ2) is 10.6. The highest BCUT2D eigenvalue weighted by atomic mass is 31.2. The summed E-state index contributed by atoms with van der Waals surface area (Å²) in [6.45, 7) is 13.3. The van der Waals surface area contributed by atoms with Crippen molar-refractivity contribution in [3.8, 4) is 6.07 Å². The molecule has 0 bridgehead atoms. The van der Waals surface area contributed by atoms with E-state index in [1.165, 1.54) is 0 Å². The Morgan fingerprint density at radius 3 is 2.00 bits per heavy atom. The smallest absolute Gasteiger partial charge is 0.259 e. The average Bonchev–Trinajstić information content (AvgIpc) is 2.34. The van der Waals surface area contributed by atoms with Gasteiger partial charge in [0.25, 0.3) is 8.53 Å². The Labute approximate surface area is 120 Å². The molecule has 0 fully saturated rings. The summed E-state index contributed by atoms with van der Waals surface area (Å²) in [6, 6.07) is 2.84. The predicted molar refractivity (Wildman–Crippen MR) is 80.7 cm³/mol. The second-order valence-corrected chi connectivity index (χ2v) is 6.50. The summed E-state index contributed by atoms with van der Waals surface area (Å²) in [7, 11) is -1.08. The van der Waals surface area contributed by atoms with Gasteiger partial charge in [0.1, 0.15) is 0 Å². The molecule has 0 aromatic rings. The van der Waals surface area contributed by atoms with Crippen molar-refractivity contribution in [1.82, 2.24) is 4.67 Å². The molecule has 0 spiro atoms. The molecule has 0 radical (unpaired) electrons. The van der Waals surface area contributed by atoms with Crippen molar-refractivity contribution in [2.45, 2.75) is 79.0 Å². The quantitative estimate of drug-likeness (QED) is 0.439. The van der Waals surface area contributed by atoms with Gasteiger partial charge in [-0.15, -0.1) is 0 Å². The van der Waals surface area contributed by atoms with Gasteiger partial charge in [0, 0.05) is 12.1 Å². The van der Waals surface area contributed by atoms with Crippen LogP contribution in [0.2, 0.25) is 0 Å². The van der Waals surface area contributed by atoms with E-state index in [-0.39, 0.29) is 6.10 Å². The van der Waals surface area contributed by atoms with Gasteiger partial charge in [-0.2, -0.15) is 5.26 Å². The van der Waals surface area contributed by atoms with Gasteiger partial charge in [0.05, 0.1) is 25.2 Å². The van der Waals surface area contributed by atoms with Crippen LogP contribution in [0, 0.1) is 11.3 Å². The fourth-order valence-corrected chi connectivity index (χ4v) is 3.72. The summed E-state index contributed by atoms with van der Waals surface area (Å²) in [5.41, 5.74) is 0. The summed E-state index contributed by atoms with van der Waals surface area (Å²) in [5.74, 6) is 0. The first kappa shape index (κ1) is 18.8. The molecule has 0 aromatic heterocycles. The van der Waals surface area contributed by atoms with Gasteiger partial charge in [-0.1, -0.05) is 13.8 Å². The van der Waals surface area contributed by atoms with E-state index in [1.54, 1.807) is 0 Å². The molecule has 0 heterocycles. The Balaban J connectivity index is 4.75. The van der Waals surface area contributed by atoms with Crippen LogP contribution in [0.3, 0.4) is 0 Å². The van der Waals surface area contributed by atoms with Gasteiger partial charge in [-0.3, -0.25) is 0 Å². The average molecular weight is 288 g/mol. The lowest BCUT2D eigenvalue weighted by Crippen LogP contribution is -2.34. The van der Waals surface area contributed by atoms with Gasteiger partial charge in [0.2, 0.25) is 0 Å². The summed E-state index contributed by atoms with van der Waals surface area (Å²) < 4.78 is 14.3. The fraction of sp³-hybridized carbons (Fsp3) is 0.929. The van der Waals surface area contributed by atoms with Gasteiger partial charge in [-0.25, -0.2) is 4.67 Å². The lowest BCUT2D eigenvalue weighted by atomic mass is 10.2. The van der Waals surface area contributed by atoms with E-state index in [9.17, 15) is 0 Å². The Morgan fingerprint density at radius 1 is 1.11 bits per heavy atom. The van der Waals surface area contributed by atoms with Crippen molar-refractivity contribution in [3.05, 3.63) is 0 Å². The van der Waals surface area contributed by atoms with Crippen molar-refractivity contribution in [1.29, 1.82) is 5.26 Å². The van der Waals surface area contributed by atoms with Crippen LogP contribution in [0.15, 0.2) is 0 Å². The maximum absolute atomic E-state index is 8.63. The lowest BCUT2D eigenvalue weighted by Gasteiger charge is -2.37. The number of hydrogen-bond acceptors (Lipinski definition) is 4. The highest BCUT2D eigenvalue weighted by molar-refractivity contribution is 7.44. The highest BCUT2D eigenvalue weighted by Gasteiger charge is 2.28. The van der Waals surface area contributed by atoms with Crippen LogP contribution in [-0.2, 0) is 9.05 Å². The third kappa shape index (κ3) is 7.22. The molecule has 0 aliphatic rings. The molecular formula is C14H29N2O2P. The monoisotopic (exact) mass is 288 g/mol. The number of hydrogen-bond donors (Lipinski definition) is 0. The largest absolute Gasteiger partial charge is 0.321 e. The van der Waals surface area contributed by atoms with Crippen molar-refractivity contribution < 1.29 is 9.05 Å². The lowest BCUT2D eigenvalue weighted by molar-refractivity contribution is 0.127. The maximum atomic E-state index is 8.63. The van der Waals surface area contributed by atoms with Crippen LogP contribution in [-0.4, -0.2) is 29.5 Å². The minimum Gasteiger partial charge on any atom is -0.321 e. The Morgan fingerprint density at radius 2 is 1.63 bits per heavy atom. The molecule has 0 saturated carbocycles. The Kier molecular flexibility index (Phi) is 10.5. The molecule has 0 N–H and O–H groups in total. The number of rotatable bonds is 10. The summed E-state index contributed by atoms with van der Waals surface area (Å²) >= 11 is 0. The van der Waals surface area contributed by atoms with Crippen LogP contribution in [0.4, 0.5) is 0 Å². The van der Waals surface area contributed by atoms with E-state index in [2.05, 4.69) is 52.3 Å². The molecule has 0 saturated heterocycles. The molecule has 19 heavy (non-hydrogen) atoms. The van der Waals surface area contributed by atoms with E-state index in [4.69, 9.17) is 14.3 Å². The van der Waals surface area contributed by atoms with E-state index in [0.29, 0.717) is 25.1 Å². The maximum Gasteiger partial charge on any atom is 0.259 e. The van der Waals surface area contributed by atoms with Crippen LogP contribution >= 0.6 is 8.53 Å². The molecule has 0 amide bonds. The van der Waals surface area contributed by atoms with Gasteiger partial charge in [-0.05, 0) is 40.5 Å². The van der Waals surface area contributed by atoms with Crippen LogP contribution in [0.5, 0.6) is 0 Å². The zero-order valence-corrected chi connectivity index (χ0v) is 14.1. The molecule has 5 heteroatoms. The third-order valence-corrected chi connectivity index (χ3v) is 5.00. The molecule has 0 aromatic carbocycles. The van der Waals surface area contributed by atoms with Crippen LogP contribution in [0.25, 0.3) is 0 Å². The van der Waals surface area contributed by atoms with Crippen molar-refractivity contribution >= 4 is 8.53 Å². The standard InChI is InChI=1S/C14H29N2O2P/c1-7-14(8-2)18-19(17-11-9-10-15)16(12(3)4)13(5)6/h12-14H,7-9,11H2,1-6H3. The molecule has 0 aliphatic carbocycles. The normalized spacial score (nSPS) is 13.5. The first-order chi connectivity index (χ1) is 8.97. The number of nitrogens with zero attached hydrogens (tertiary/aromatic N) is 2. The molecule has 0 rings (SSSR count). The van der Waals surface area contributed by atoms with Crippen LogP contribution in [0.1, 0.15) is 60.8 Å². The topological polar surface area (TPSA) is 45.5 Å². The van der Waals surface area contributed by atoms with Crippen molar-refractivity contribution in [2.24, 2.45) is 0 Å². The van der Waals surface area contributed by atoms with E-state index >= 15 is 0 Å². The predicted octanol–water partition coefficient (Wildman–Crippen LogP) is 4.47. The van der Waals surface area contributed by atoms with Crippen molar-refractivity contribution in [3.63, 3.8) is 0 Å². The van der Waals surface area contributed by atoms with Gasteiger partial charge in [0.15, 0.2) is 0 Å². The number of nitriles is 1. The van der Waals surface area contributed by atoms with Gasteiger partial charge >= 0.3 is 0 Å². The molecule has 0 aliphatic heterocycles. The zero-order chi connectivity index (χ0) is 14.8. The summed E-state index contributed by atoms with van der Waals surface area (Å²) in [6.07, 6.45) is 2.62. The zero-order valence-electron chi connectivity index (χ0n) is 13.2. The molecule has 112 valence electrons. The second-order valence-electron chi connectivity index (χ2n) is 5.09. The molecule has 1 atom stereocenters. The Bertz CT molecular complexity index is 255. The molecule has 4 nitrogen and oxygen atoms in total. The van der Waals surface area contributed by atoms with E-state index < -0.39 is 8.53 Å². The minimum atomic E-state index is -1.08. The molecule has 1 unspecified atom stereocenters. The van der Waals surface area contributed by atoms with E-state index in [0.717, 1.165) is 12.8 Å². The van der Waals surface area contributed by atoms with Crippen LogP contribution < -0.4 is 0 Å². The SMILES string of the molecule is CCC(CC)OP(OCCC#N)N(C(C)C)C(C)C. The summed E-state index contributed by atoms with van der Waals surface area (Å²) in [5, 5.41) is 8.63. The highest BCUT2D eigenvalue weighted by Crippen LogP contribution is 2.47. The minimum absolute atomic E-state index is 0.230. The fourth-order valence-electron chi connectivity index (χ4n) is 1.86. The van der Waals surface area contributed by atoms with E-state index in [1.807, 2.05) is 0 Å².